The highest BCUT2D eigenvalue weighted by Crippen LogP contribution is 2.26. The van der Waals surface area contributed by atoms with Gasteiger partial charge in [-0.1, -0.05) is 24.3 Å². The van der Waals surface area contributed by atoms with Crippen LogP contribution < -0.4 is 9.46 Å². The van der Waals surface area contributed by atoms with Crippen LogP contribution in [0.15, 0.2) is 58.0 Å². The van der Waals surface area contributed by atoms with Gasteiger partial charge in [-0.05, 0) is 36.2 Å². The molecule has 1 heterocycles. The number of ether oxygens (including phenoxy) is 1. The fourth-order valence-electron chi connectivity index (χ4n) is 2.54. The summed E-state index contributed by atoms with van der Waals surface area (Å²) in [6.07, 6.45) is 1.58. The predicted octanol–water partition coefficient (Wildman–Crippen LogP) is 3.45. The molecule has 2 aromatic carbocycles. The molecule has 3 rings (SSSR count). The number of benzene rings is 2. The van der Waals surface area contributed by atoms with Crippen molar-refractivity contribution in [1.82, 2.24) is 9.71 Å². The molecule has 0 aliphatic rings. The molecule has 1 N–H and O–H groups in total. The Morgan fingerprint density at radius 1 is 1.12 bits per heavy atom. The van der Waals surface area contributed by atoms with Gasteiger partial charge >= 0.3 is 0 Å². The van der Waals surface area contributed by atoms with E-state index < -0.39 is 10.0 Å². The number of aryl methyl sites for hydroxylation is 2. The number of aromatic nitrogens is 1. The van der Waals surface area contributed by atoms with Gasteiger partial charge in [-0.2, -0.15) is 0 Å². The molecule has 0 radical (unpaired) electrons. The second kappa shape index (κ2) is 7.31. The zero-order chi connectivity index (χ0) is 18.7. The predicted molar refractivity (Wildman–Crippen MR) is 98.4 cm³/mol. The van der Waals surface area contributed by atoms with E-state index in [0.29, 0.717) is 22.8 Å². The minimum Gasteiger partial charge on any atom is -0.497 e. The Morgan fingerprint density at radius 2 is 1.85 bits per heavy atom. The van der Waals surface area contributed by atoms with E-state index in [1.54, 1.807) is 51.4 Å². The van der Waals surface area contributed by atoms with Gasteiger partial charge in [0.25, 0.3) is 0 Å². The van der Waals surface area contributed by atoms with E-state index in [0.717, 1.165) is 11.3 Å². The minimum absolute atomic E-state index is 0.192. The molecule has 0 saturated carbocycles. The Morgan fingerprint density at radius 3 is 2.46 bits per heavy atom. The first-order valence-corrected chi connectivity index (χ1v) is 9.53. The molecular weight excluding hydrogens is 352 g/mol. The quantitative estimate of drug-likeness (QED) is 0.717. The molecule has 0 aliphatic heterocycles. The van der Waals surface area contributed by atoms with Crippen LogP contribution in [-0.2, 0) is 16.6 Å². The summed E-state index contributed by atoms with van der Waals surface area (Å²) in [5.41, 5.74) is 2.17. The van der Waals surface area contributed by atoms with Gasteiger partial charge in [-0.15, -0.1) is 0 Å². The van der Waals surface area contributed by atoms with E-state index in [9.17, 15) is 8.42 Å². The lowest BCUT2D eigenvalue weighted by molar-refractivity contribution is 0.414. The molecule has 0 atom stereocenters. The maximum atomic E-state index is 12.8. The number of hydrogen-bond donors (Lipinski definition) is 1. The molecule has 0 saturated heterocycles. The molecule has 26 heavy (non-hydrogen) atoms. The molecule has 0 spiro atoms. The molecule has 7 heteroatoms. The monoisotopic (exact) mass is 372 g/mol. The molecule has 0 aliphatic carbocycles. The normalized spacial score (nSPS) is 11.5. The Bertz CT molecular complexity index is 1010. The highest BCUT2D eigenvalue weighted by atomic mass is 32.2. The van der Waals surface area contributed by atoms with Gasteiger partial charge < -0.3 is 9.15 Å². The summed E-state index contributed by atoms with van der Waals surface area (Å²) in [4.78, 5) is 4.28. The van der Waals surface area contributed by atoms with Crippen LogP contribution in [0.2, 0.25) is 0 Å². The molecule has 0 fully saturated rings. The maximum Gasteiger partial charge on any atom is 0.241 e. The second-order valence-corrected chi connectivity index (χ2v) is 7.63. The number of sulfonamides is 1. The molecule has 3 aromatic rings. The lowest BCUT2D eigenvalue weighted by Gasteiger charge is -2.11. The lowest BCUT2D eigenvalue weighted by Crippen LogP contribution is -2.24. The van der Waals surface area contributed by atoms with E-state index in [-0.39, 0.29) is 11.4 Å². The Labute approximate surface area is 152 Å². The largest absolute Gasteiger partial charge is 0.497 e. The van der Waals surface area contributed by atoms with Crippen molar-refractivity contribution in [3.63, 3.8) is 0 Å². The Balaban J connectivity index is 1.83. The van der Waals surface area contributed by atoms with Crippen LogP contribution in [0.4, 0.5) is 0 Å². The van der Waals surface area contributed by atoms with Gasteiger partial charge in [0.1, 0.15) is 5.75 Å². The lowest BCUT2D eigenvalue weighted by atomic mass is 10.1. The summed E-state index contributed by atoms with van der Waals surface area (Å²) in [5, 5.41) is 0. The van der Waals surface area contributed by atoms with Crippen molar-refractivity contribution in [2.75, 3.05) is 7.11 Å². The van der Waals surface area contributed by atoms with Crippen LogP contribution >= 0.6 is 0 Å². The first-order valence-electron chi connectivity index (χ1n) is 8.05. The van der Waals surface area contributed by atoms with Crippen LogP contribution in [0, 0.1) is 13.8 Å². The third-order valence-corrected chi connectivity index (χ3v) is 5.55. The third kappa shape index (κ3) is 3.95. The van der Waals surface area contributed by atoms with Crippen molar-refractivity contribution in [1.29, 1.82) is 0 Å². The van der Waals surface area contributed by atoms with Crippen molar-refractivity contribution in [3.8, 4) is 17.1 Å². The van der Waals surface area contributed by atoms with E-state index in [1.807, 2.05) is 18.2 Å². The van der Waals surface area contributed by atoms with Gasteiger partial charge in [0.05, 0.1) is 18.2 Å². The van der Waals surface area contributed by atoms with Crippen LogP contribution in [0.3, 0.4) is 0 Å². The van der Waals surface area contributed by atoms with Crippen molar-refractivity contribution in [2.45, 2.75) is 25.3 Å². The summed E-state index contributed by atoms with van der Waals surface area (Å²) in [6, 6.07) is 12.4. The van der Waals surface area contributed by atoms with Gasteiger partial charge in [-0.3, -0.25) is 0 Å². The molecule has 136 valence electrons. The number of nitrogens with one attached hydrogen (secondary N) is 1. The van der Waals surface area contributed by atoms with Crippen LogP contribution in [-0.4, -0.2) is 20.5 Å². The number of nitrogens with zero attached hydrogens (tertiary/aromatic N) is 1. The highest BCUT2D eigenvalue weighted by molar-refractivity contribution is 7.89. The first kappa shape index (κ1) is 18.2. The third-order valence-electron chi connectivity index (χ3n) is 4.01. The molecule has 0 bridgehead atoms. The average Bonchev–Trinajstić information content (AvgIpc) is 3.07. The van der Waals surface area contributed by atoms with Crippen molar-refractivity contribution in [3.05, 3.63) is 65.7 Å². The number of oxazole rings is 1. The standard InChI is InChI=1S/C19H20N2O4S/c1-13-4-7-16(18-12-20-14(2)25-18)10-19(13)26(22,23)21-11-15-5-8-17(24-3)9-6-15/h4-10,12,21H,11H2,1-3H3. The Hall–Kier alpha value is -2.64. The van der Waals surface area contributed by atoms with Crippen LogP contribution in [0.1, 0.15) is 17.0 Å². The van der Waals surface area contributed by atoms with E-state index >= 15 is 0 Å². The number of rotatable bonds is 6. The van der Waals surface area contributed by atoms with Gasteiger partial charge in [0.15, 0.2) is 11.7 Å². The van der Waals surface area contributed by atoms with E-state index in [1.165, 1.54) is 0 Å². The van der Waals surface area contributed by atoms with E-state index in [2.05, 4.69) is 9.71 Å². The topological polar surface area (TPSA) is 81.4 Å². The molecular formula is C19H20N2O4S. The van der Waals surface area contributed by atoms with Crippen molar-refractivity contribution in [2.24, 2.45) is 0 Å². The SMILES string of the molecule is COc1ccc(CNS(=O)(=O)c2cc(-c3cnc(C)o3)ccc2C)cc1. The maximum absolute atomic E-state index is 12.8. The van der Waals surface area contributed by atoms with Crippen LogP contribution in [0.5, 0.6) is 5.75 Å². The number of methoxy groups -OCH3 is 1. The fraction of sp³-hybridized carbons (Fsp3) is 0.211. The Kier molecular flexibility index (Phi) is 5.11. The van der Waals surface area contributed by atoms with Crippen molar-refractivity contribution >= 4 is 10.0 Å². The highest BCUT2D eigenvalue weighted by Gasteiger charge is 2.18. The summed E-state index contributed by atoms with van der Waals surface area (Å²) < 4.78 is 38.7. The summed E-state index contributed by atoms with van der Waals surface area (Å²) in [5.74, 6) is 1.79. The van der Waals surface area contributed by atoms with Crippen LogP contribution in [0.25, 0.3) is 11.3 Å². The number of hydrogen-bond acceptors (Lipinski definition) is 5. The molecule has 6 nitrogen and oxygen atoms in total. The van der Waals surface area contributed by atoms with Gasteiger partial charge in [0, 0.05) is 19.0 Å². The molecule has 1 aromatic heterocycles. The van der Waals surface area contributed by atoms with Gasteiger partial charge in [0.2, 0.25) is 10.0 Å². The zero-order valence-corrected chi connectivity index (χ0v) is 15.6. The molecule has 0 amide bonds. The first-order chi connectivity index (χ1) is 12.4. The second-order valence-electron chi connectivity index (χ2n) is 5.90. The van der Waals surface area contributed by atoms with Gasteiger partial charge in [-0.25, -0.2) is 18.1 Å². The molecule has 0 unspecified atom stereocenters. The average molecular weight is 372 g/mol. The smallest absolute Gasteiger partial charge is 0.241 e. The summed E-state index contributed by atoms with van der Waals surface area (Å²) in [7, 11) is -2.09. The van der Waals surface area contributed by atoms with Crippen molar-refractivity contribution < 1.29 is 17.6 Å². The summed E-state index contributed by atoms with van der Waals surface area (Å²) >= 11 is 0. The minimum atomic E-state index is -3.67. The van der Waals surface area contributed by atoms with E-state index in [4.69, 9.17) is 9.15 Å². The fourth-order valence-corrected chi connectivity index (χ4v) is 3.82. The zero-order valence-electron chi connectivity index (χ0n) is 14.8. The summed E-state index contributed by atoms with van der Waals surface area (Å²) in [6.45, 7) is 3.69.